The minimum absolute atomic E-state index is 0.167. The Morgan fingerprint density at radius 3 is 2.14 bits per heavy atom. The summed E-state index contributed by atoms with van der Waals surface area (Å²) in [5.41, 5.74) is 1.16. The monoisotopic (exact) mass is 479 g/mol. The molecule has 1 unspecified atom stereocenters. The number of amides is 2. The van der Waals surface area contributed by atoms with Crippen LogP contribution in [0.1, 0.15) is 26.2 Å². The van der Waals surface area contributed by atoms with E-state index in [0.29, 0.717) is 30.8 Å². The molecule has 0 aliphatic carbocycles. The molecule has 0 aromatic heterocycles. The van der Waals surface area contributed by atoms with Crippen molar-refractivity contribution in [3.63, 3.8) is 0 Å². The lowest BCUT2D eigenvalue weighted by molar-refractivity contribution is -0.120. The summed E-state index contributed by atoms with van der Waals surface area (Å²) in [6.07, 6.45) is 1.96. The number of benzene rings is 2. The summed E-state index contributed by atoms with van der Waals surface area (Å²) in [6.45, 7) is 1.72. The molecule has 2 aromatic carbocycles. The summed E-state index contributed by atoms with van der Waals surface area (Å²) in [5, 5.41) is 5.44. The number of hydrogen-bond acceptors (Lipinski definition) is 4. The maximum atomic E-state index is 13.1. The first-order valence-electron chi connectivity index (χ1n) is 9.23. The first kappa shape index (κ1) is 21.5. The smallest absolute Gasteiger partial charge is 0.243 e. The van der Waals surface area contributed by atoms with Crippen molar-refractivity contribution in [3.8, 4) is 0 Å². The number of anilines is 2. The maximum Gasteiger partial charge on any atom is 0.243 e. The Labute approximate surface area is 178 Å². The van der Waals surface area contributed by atoms with Crippen molar-refractivity contribution in [2.45, 2.75) is 37.1 Å². The van der Waals surface area contributed by atoms with Gasteiger partial charge in [0, 0.05) is 29.3 Å². The fourth-order valence-corrected chi connectivity index (χ4v) is 5.18. The van der Waals surface area contributed by atoms with Crippen LogP contribution in [0.15, 0.2) is 57.9 Å². The lowest BCUT2D eigenvalue weighted by atomic mass is 10.0. The first-order valence-corrected chi connectivity index (χ1v) is 11.5. The third-order valence-electron chi connectivity index (χ3n) is 4.65. The normalized spacial score (nSPS) is 17.5. The number of carbonyl (C=O) groups excluding carboxylic acids is 2. The quantitative estimate of drug-likeness (QED) is 0.684. The molecule has 0 saturated carbocycles. The average Bonchev–Trinajstić information content (AvgIpc) is 2.69. The molecule has 154 valence electrons. The van der Waals surface area contributed by atoms with E-state index in [-0.39, 0.29) is 16.7 Å². The Morgan fingerprint density at radius 1 is 0.966 bits per heavy atom. The van der Waals surface area contributed by atoms with Gasteiger partial charge in [-0.3, -0.25) is 9.59 Å². The zero-order valence-corrected chi connectivity index (χ0v) is 18.3. The molecule has 1 heterocycles. The summed E-state index contributed by atoms with van der Waals surface area (Å²) in [6, 6.07) is 12.3. The molecule has 2 N–H and O–H groups in total. The van der Waals surface area contributed by atoms with Crippen molar-refractivity contribution in [2.24, 2.45) is 0 Å². The van der Waals surface area contributed by atoms with Gasteiger partial charge in [0.1, 0.15) is 6.04 Å². The maximum absolute atomic E-state index is 13.1. The number of sulfonamides is 1. The van der Waals surface area contributed by atoms with E-state index in [4.69, 9.17) is 0 Å². The first-order chi connectivity index (χ1) is 13.8. The largest absolute Gasteiger partial charge is 0.326 e. The van der Waals surface area contributed by atoms with Crippen molar-refractivity contribution in [2.75, 3.05) is 17.2 Å². The zero-order chi connectivity index (χ0) is 21.0. The lowest BCUT2D eigenvalue weighted by Gasteiger charge is -2.33. The molecule has 2 aromatic rings. The number of piperidine rings is 1. The van der Waals surface area contributed by atoms with Gasteiger partial charge in [-0.2, -0.15) is 4.31 Å². The molecule has 1 atom stereocenters. The Kier molecular flexibility index (Phi) is 6.71. The van der Waals surface area contributed by atoms with Crippen molar-refractivity contribution < 1.29 is 18.0 Å². The second-order valence-electron chi connectivity index (χ2n) is 6.83. The van der Waals surface area contributed by atoms with Crippen molar-refractivity contribution in [1.29, 1.82) is 0 Å². The zero-order valence-electron chi connectivity index (χ0n) is 15.9. The van der Waals surface area contributed by atoms with Crippen LogP contribution in [-0.4, -0.2) is 37.1 Å². The number of halogens is 1. The van der Waals surface area contributed by atoms with Gasteiger partial charge in [-0.05, 0) is 61.4 Å². The summed E-state index contributed by atoms with van der Waals surface area (Å²) >= 11 is 3.30. The molecule has 0 spiro atoms. The van der Waals surface area contributed by atoms with Crippen LogP contribution in [0.2, 0.25) is 0 Å². The van der Waals surface area contributed by atoms with Gasteiger partial charge >= 0.3 is 0 Å². The number of rotatable bonds is 5. The van der Waals surface area contributed by atoms with E-state index in [1.807, 2.05) is 0 Å². The summed E-state index contributed by atoms with van der Waals surface area (Å²) in [4.78, 5) is 24.1. The Morgan fingerprint density at radius 2 is 1.55 bits per heavy atom. The molecule has 9 heteroatoms. The van der Waals surface area contributed by atoms with Crippen LogP contribution in [0.5, 0.6) is 0 Å². The number of nitrogens with one attached hydrogen (secondary N) is 2. The molecule has 1 aliphatic rings. The molecular formula is C20H22BrN3O4S. The number of hydrogen-bond donors (Lipinski definition) is 2. The van der Waals surface area contributed by atoms with Crippen molar-refractivity contribution in [1.82, 2.24) is 4.31 Å². The fourth-order valence-electron chi connectivity index (χ4n) is 3.26. The summed E-state index contributed by atoms with van der Waals surface area (Å²) in [7, 11) is -3.78. The molecule has 29 heavy (non-hydrogen) atoms. The van der Waals surface area contributed by atoms with E-state index in [1.54, 1.807) is 36.4 Å². The van der Waals surface area contributed by atoms with Gasteiger partial charge in [-0.25, -0.2) is 8.42 Å². The van der Waals surface area contributed by atoms with Gasteiger partial charge in [0.15, 0.2) is 0 Å². The predicted octanol–water partition coefficient (Wildman–Crippen LogP) is 3.59. The van der Waals surface area contributed by atoms with Crippen LogP contribution in [0.4, 0.5) is 11.4 Å². The highest BCUT2D eigenvalue weighted by atomic mass is 79.9. The molecule has 0 bridgehead atoms. The van der Waals surface area contributed by atoms with Gasteiger partial charge in [0.05, 0.1) is 4.90 Å². The molecule has 7 nitrogen and oxygen atoms in total. The molecule has 1 fully saturated rings. The molecule has 1 aliphatic heterocycles. The van der Waals surface area contributed by atoms with E-state index >= 15 is 0 Å². The Bertz CT molecular complexity index is 991. The highest BCUT2D eigenvalue weighted by molar-refractivity contribution is 9.10. The van der Waals surface area contributed by atoms with Crippen molar-refractivity contribution >= 4 is 49.1 Å². The van der Waals surface area contributed by atoms with Crippen molar-refractivity contribution in [3.05, 3.63) is 53.0 Å². The molecule has 2 amide bonds. The third kappa shape index (κ3) is 5.23. The number of carbonyl (C=O) groups is 2. The fraction of sp³-hybridized carbons (Fsp3) is 0.300. The highest BCUT2D eigenvalue weighted by Crippen LogP contribution is 2.27. The minimum Gasteiger partial charge on any atom is -0.326 e. The minimum atomic E-state index is -3.78. The molecular weight excluding hydrogens is 458 g/mol. The van der Waals surface area contributed by atoms with E-state index in [1.165, 1.54) is 23.4 Å². The van der Waals surface area contributed by atoms with Crippen LogP contribution in [-0.2, 0) is 19.6 Å². The average molecular weight is 480 g/mol. The van der Waals surface area contributed by atoms with Gasteiger partial charge in [0.2, 0.25) is 21.8 Å². The van der Waals surface area contributed by atoms with E-state index in [2.05, 4.69) is 26.6 Å². The highest BCUT2D eigenvalue weighted by Gasteiger charge is 2.37. The van der Waals surface area contributed by atoms with E-state index in [0.717, 1.165) is 10.9 Å². The predicted molar refractivity (Wildman–Crippen MR) is 115 cm³/mol. The van der Waals surface area contributed by atoms with Gasteiger partial charge in [0.25, 0.3) is 0 Å². The SMILES string of the molecule is CC(=O)Nc1ccc(NC(=O)C2CCCCN2S(=O)(=O)c2ccc(Br)cc2)cc1. The van der Waals surface area contributed by atoms with Gasteiger partial charge < -0.3 is 10.6 Å². The topological polar surface area (TPSA) is 95.6 Å². The number of nitrogens with zero attached hydrogens (tertiary/aromatic N) is 1. The van der Waals surface area contributed by atoms with Crippen LogP contribution in [0.3, 0.4) is 0 Å². The standard InChI is InChI=1S/C20H22BrN3O4S/c1-14(25)22-16-7-9-17(10-8-16)23-20(26)19-4-2-3-13-24(19)29(27,28)18-11-5-15(21)6-12-18/h5-12,19H,2-4,13H2,1H3,(H,22,25)(H,23,26). The van der Waals surface area contributed by atoms with E-state index < -0.39 is 16.1 Å². The lowest BCUT2D eigenvalue weighted by Crippen LogP contribution is -2.49. The van der Waals surface area contributed by atoms with Crippen LogP contribution in [0, 0.1) is 0 Å². The van der Waals surface area contributed by atoms with E-state index in [9.17, 15) is 18.0 Å². The second kappa shape index (κ2) is 9.06. The summed E-state index contributed by atoms with van der Waals surface area (Å²) in [5.74, 6) is -0.546. The molecule has 0 radical (unpaired) electrons. The van der Waals surface area contributed by atoms with Crippen LogP contribution >= 0.6 is 15.9 Å². The summed E-state index contributed by atoms with van der Waals surface area (Å²) < 4.78 is 28.3. The van der Waals surface area contributed by atoms with Crippen LogP contribution < -0.4 is 10.6 Å². The van der Waals surface area contributed by atoms with Crippen LogP contribution in [0.25, 0.3) is 0 Å². The third-order valence-corrected chi connectivity index (χ3v) is 7.10. The van der Waals surface area contributed by atoms with Gasteiger partial charge in [-0.15, -0.1) is 0 Å². The second-order valence-corrected chi connectivity index (χ2v) is 9.64. The van der Waals surface area contributed by atoms with Gasteiger partial charge in [-0.1, -0.05) is 22.4 Å². The Hall–Kier alpha value is -2.23. The Balaban J connectivity index is 1.77. The molecule has 1 saturated heterocycles. The molecule has 3 rings (SSSR count).